The fourth-order valence-corrected chi connectivity index (χ4v) is 4.40. The fourth-order valence-electron chi connectivity index (χ4n) is 4.40. The van der Waals surface area contributed by atoms with Gasteiger partial charge in [-0.2, -0.15) is 0 Å². The van der Waals surface area contributed by atoms with E-state index >= 15 is 0 Å². The average Bonchev–Trinajstić information content (AvgIpc) is 3.49. The molecule has 2 amide bonds. The number of carboxylic acid groups (broad SMARTS) is 1. The molecule has 1 N–H and O–H groups in total. The van der Waals surface area contributed by atoms with E-state index in [2.05, 4.69) is 0 Å². The van der Waals surface area contributed by atoms with Crippen molar-refractivity contribution in [1.82, 2.24) is 4.90 Å². The topological polar surface area (TPSA) is 185 Å². The Morgan fingerprint density at radius 2 is 0.811 bits per heavy atom. The number of hydrogen-bond donors (Lipinski definition) is 1. The second-order valence-corrected chi connectivity index (χ2v) is 11.0. The molecule has 1 atom stereocenters. The molecule has 1 aliphatic heterocycles. The molecule has 0 saturated carbocycles. The first-order valence-electron chi connectivity index (χ1n) is 17.8. The minimum Gasteiger partial charge on any atom is -0.491 e. The smallest absolute Gasteiger partial charge is 0.327 e. The molecule has 0 aliphatic carbocycles. The quantitative estimate of drug-likeness (QED) is 0.0737. The van der Waals surface area contributed by atoms with Crippen molar-refractivity contribution in [2.75, 3.05) is 152 Å². The van der Waals surface area contributed by atoms with Gasteiger partial charge in [-0.15, -0.1) is 0 Å². The molecule has 1 heterocycles. The molecule has 0 saturated heterocycles. The second kappa shape index (κ2) is 32.4. The van der Waals surface area contributed by atoms with Gasteiger partial charge in [-0.1, -0.05) is 12.1 Å². The number of carbonyl (C=O) groups is 3. The number of carbonyl (C=O) groups excluding carboxylic acids is 2. The third kappa shape index (κ3) is 24.1. The SMILES string of the molecule is COCCOCCOCCOCCOCCOCCOCCOCCOCCOCCOCCOc1ccc(CC(C(=O)O)N2C(=O)C=CC2=O)cc1. The number of nitrogens with zero attached hydrogens (tertiary/aromatic N) is 1. The average molecular weight is 760 g/mol. The van der Waals surface area contributed by atoms with Crippen LogP contribution < -0.4 is 4.74 Å². The number of benzene rings is 1. The predicted molar refractivity (Wildman–Crippen MR) is 188 cm³/mol. The molecule has 0 radical (unpaired) electrons. The van der Waals surface area contributed by atoms with Crippen LogP contribution >= 0.6 is 0 Å². The third-order valence-corrected chi connectivity index (χ3v) is 7.07. The van der Waals surface area contributed by atoms with Gasteiger partial charge in [-0.25, -0.2) is 4.79 Å². The van der Waals surface area contributed by atoms with Gasteiger partial charge in [-0.3, -0.25) is 14.5 Å². The molecule has 1 aliphatic rings. The Labute approximate surface area is 311 Å². The number of amides is 2. The number of aliphatic carboxylic acids is 1. The zero-order valence-electron chi connectivity index (χ0n) is 30.8. The van der Waals surface area contributed by atoms with Crippen LogP contribution in [0.5, 0.6) is 5.75 Å². The summed E-state index contributed by atoms with van der Waals surface area (Å²) in [6.07, 6.45) is 2.13. The third-order valence-electron chi connectivity index (χ3n) is 7.07. The summed E-state index contributed by atoms with van der Waals surface area (Å²) in [5, 5.41) is 9.51. The van der Waals surface area contributed by atoms with Gasteiger partial charge in [-0.05, 0) is 17.7 Å². The van der Waals surface area contributed by atoms with Crippen LogP contribution in [0.1, 0.15) is 5.56 Å². The number of methoxy groups -OCH3 is 1. The Balaban J connectivity index is 1.25. The van der Waals surface area contributed by atoms with Crippen molar-refractivity contribution in [1.29, 1.82) is 0 Å². The molecule has 302 valence electrons. The lowest BCUT2D eigenvalue weighted by Gasteiger charge is -2.22. The number of carboxylic acids is 1. The Hall–Kier alpha value is -3.07. The maximum atomic E-state index is 11.9. The van der Waals surface area contributed by atoms with Crippen LogP contribution in [0.2, 0.25) is 0 Å². The Morgan fingerprint density at radius 1 is 0.509 bits per heavy atom. The summed E-state index contributed by atoms with van der Waals surface area (Å²) in [6.45, 7) is 10.5. The van der Waals surface area contributed by atoms with Gasteiger partial charge in [0.1, 0.15) is 18.4 Å². The highest BCUT2D eigenvalue weighted by molar-refractivity contribution is 6.14. The van der Waals surface area contributed by atoms with Crippen LogP contribution in [0.15, 0.2) is 36.4 Å². The standard InChI is InChI=1S/C36H57NO16/c1-42-8-9-43-10-11-44-12-13-45-14-15-46-16-17-47-18-19-48-20-21-49-22-23-50-24-25-51-26-27-52-28-29-53-32-4-2-31(3-5-32)30-33(36(40)41)37-34(38)6-7-35(37)39/h2-7,33H,8-30H2,1H3,(H,40,41). The zero-order valence-corrected chi connectivity index (χ0v) is 30.8. The van der Waals surface area contributed by atoms with Crippen LogP contribution in [-0.2, 0) is 72.9 Å². The minimum absolute atomic E-state index is 0.00736. The van der Waals surface area contributed by atoms with E-state index < -0.39 is 23.8 Å². The molecule has 0 fully saturated rings. The van der Waals surface area contributed by atoms with Gasteiger partial charge in [0.25, 0.3) is 11.8 Å². The summed E-state index contributed by atoms with van der Waals surface area (Å²) in [5.41, 5.74) is 0.651. The molecular weight excluding hydrogens is 702 g/mol. The second-order valence-electron chi connectivity index (χ2n) is 11.0. The highest BCUT2D eigenvalue weighted by Gasteiger charge is 2.35. The molecular formula is C36H57NO16. The van der Waals surface area contributed by atoms with E-state index in [9.17, 15) is 19.5 Å². The maximum absolute atomic E-state index is 11.9. The summed E-state index contributed by atoms with van der Waals surface area (Å²) in [5.74, 6) is -1.93. The fraction of sp³-hybridized carbons (Fsp3) is 0.694. The van der Waals surface area contributed by atoms with E-state index in [1.165, 1.54) is 0 Å². The highest BCUT2D eigenvalue weighted by atomic mass is 16.6. The van der Waals surface area contributed by atoms with Gasteiger partial charge in [0.2, 0.25) is 0 Å². The number of hydrogen-bond acceptors (Lipinski definition) is 15. The van der Waals surface area contributed by atoms with E-state index in [0.29, 0.717) is 157 Å². The van der Waals surface area contributed by atoms with Crippen molar-refractivity contribution in [3.8, 4) is 5.75 Å². The largest absolute Gasteiger partial charge is 0.491 e. The van der Waals surface area contributed by atoms with Crippen LogP contribution in [0.25, 0.3) is 0 Å². The van der Waals surface area contributed by atoms with Gasteiger partial charge in [0, 0.05) is 25.7 Å². The molecule has 1 unspecified atom stereocenters. The van der Waals surface area contributed by atoms with Crippen molar-refractivity contribution >= 4 is 17.8 Å². The Bertz CT molecular complexity index is 1090. The first-order valence-corrected chi connectivity index (χ1v) is 17.8. The van der Waals surface area contributed by atoms with Crippen molar-refractivity contribution in [2.45, 2.75) is 12.5 Å². The highest BCUT2D eigenvalue weighted by Crippen LogP contribution is 2.18. The van der Waals surface area contributed by atoms with Gasteiger partial charge < -0.3 is 61.9 Å². The molecule has 0 bridgehead atoms. The molecule has 17 nitrogen and oxygen atoms in total. The summed E-state index contributed by atoms with van der Waals surface area (Å²) < 4.78 is 65.0. The molecule has 53 heavy (non-hydrogen) atoms. The lowest BCUT2D eigenvalue weighted by atomic mass is 10.0. The lowest BCUT2D eigenvalue weighted by molar-refractivity contribution is -0.153. The molecule has 1 aromatic carbocycles. The zero-order chi connectivity index (χ0) is 38.0. The summed E-state index contributed by atoms with van der Waals surface area (Å²) in [4.78, 5) is 36.2. The molecule has 0 aromatic heterocycles. The van der Waals surface area contributed by atoms with E-state index in [-0.39, 0.29) is 6.42 Å². The first-order chi connectivity index (χ1) is 26.0. The van der Waals surface area contributed by atoms with Crippen molar-refractivity contribution in [3.63, 3.8) is 0 Å². The Morgan fingerprint density at radius 3 is 1.11 bits per heavy atom. The number of rotatable bonds is 38. The van der Waals surface area contributed by atoms with Gasteiger partial charge in [0.05, 0.1) is 139 Å². The van der Waals surface area contributed by atoms with Crippen LogP contribution in [0.3, 0.4) is 0 Å². The van der Waals surface area contributed by atoms with E-state index in [4.69, 9.17) is 56.8 Å². The maximum Gasteiger partial charge on any atom is 0.327 e. The van der Waals surface area contributed by atoms with Crippen molar-refractivity contribution < 1.29 is 76.3 Å². The lowest BCUT2D eigenvalue weighted by Crippen LogP contribution is -2.46. The predicted octanol–water partition coefficient (Wildman–Crippen LogP) is 0.799. The normalized spacial score (nSPS) is 13.3. The summed E-state index contributed by atoms with van der Waals surface area (Å²) in [7, 11) is 1.64. The molecule has 0 spiro atoms. The van der Waals surface area contributed by atoms with Crippen LogP contribution in [0.4, 0.5) is 0 Å². The van der Waals surface area contributed by atoms with E-state index in [1.54, 1.807) is 31.4 Å². The Kier molecular flexibility index (Phi) is 28.1. The number of ether oxygens (including phenoxy) is 12. The molecule has 17 heteroatoms. The summed E-state index contributed by atoms with van der Waals surface area (Å²) in [6, 6.07) is 5.51. The first kappa shape index (κ1) is 46.1. The van der Waals surface area contributed by atoms with Gasteiger partial charge >= 0.3 is 5.97 Å². The van der Waals surface area contributed by atoms with E-state index in [0.717, 1.165) is 17.1 Å². The minimum atomic E-state index is -1.28. The van der Waals surface area contributed by atoms with Crippen LogP contribution in [-0.4, -0.2) is 186 Å². The van der Waals surface area contributed by atoms with Crippen molar-refractivity contribution in [3.05, 3.63) is 42.0 Å². The van der Waals surface area contributed by atoms with Crippen LogP contribution in [0, 0.1) is 0 Å². The van der Waals surface area contributed by atoms with Crippen molar-refractivity contribution in [2.24, 2.45) is 0 Å². The van der Waals surface area contributed by atoms with Gasteiger partial charge in [0.15, 0.2) is 0 Å². The summed E-state index contributed by atoms with van der Waals surface area (Å²) >= 11 is 0. The monoisotopic (exact) mass is 759 g/mol. The number of imide groups is 1. The molecule has 1 aromatic rings. The van der Waals surface area contributed by atoms with E-state index in [1.807, 2.05) is 0 Å². The molecule has 2 rings (SSSR count).